The largest absolute Gasteiger partial charge is 0.417 e. The van der Waals surface area contributed by atoms with Crippen LogP contribution < -0.4 is 11.1 Å². The molecule has 0 spiro atoms. The normalized spacial score (nSPS) is 11.3. The Labute approximate surface area is 106 Å². The second-order valence-corrected chi connectivity index (χ2v) is 3.68. The quantitative estimate of drug-likeness (QED) is 0.892. The van der Waals surface area contributed by atoms with E-state index in [1.54, 1.807) is 6.07 Å². The first-order chi connectivity index (χ1) is 8.95. The van der Waals surface area contributed by atoms with Gasteiger partial charge in [-0.3, -0.25) is 0 Å². The molecule has 19 heavy (non-hydrogen) atoms. The van der Waals surface area contributed by atoms with E-state index in [9.17, 15) is 13.2 Å². The van der Waals surface area contributed by atoms with Gasteiger partial charge >= 0.3 is 6.18 Å². The van der Waals surface area contributed by atoms with Crippen LogP contribution in [0.25, 0.3) is 0 Å². The Kier molecular flexibility index (Phi) is 3.50. The molecule has 3 N–H and O–H groups in total. The molecule has 0 saturated carbocycles. The molecule has 2 rings (SSSR count). The van der Waals surface area contributed by atoms with Crippen LogP contribution in [-0.2, 0) is 12.7 Å². The summed E-state index contributed by atoms with van der Waals surface area (Å²) in [4.78, 5) is 11.6. The lowest BCUT2D eigenvalue weighted by Gasteiger charge is -2.08. The summed E-state index contributed by atoms with van der Waals surface area (Å²) >= 11 is 0. The molecule has 100 valence electrons. The van der Waals surface area contributed by atoms with E-state index in [2.05, 4.69) is 20.3 Å². The molecule has 5 nitrogen and oxygen atoms in total. The van der Waals surface area contributed by atoms with E-state index in [1.807, 2.05) is 0 Å². The minimum atomic E-state index is -4.39. The first-order valence-electron chi connectivity index (χ1n) is 5.29. The fourth-order valence-electron chi connectivity index (χ4n) is 1.34. The average Bonchev–Trinajstić information content (AvgIpc) is 2.36. The van der Waals surface area contributed by atoms with Crippen LogP contribution in [0.4, 0.5) is 24.8 Å². The average molecular weight is 269 g/mol. The number of pyridine rings is 1. The van der Waals surface area contributed by atoms with Crippen molar-refractivity contribution in [3.8, 4) is 0 Å². The van der Waals surface area contributed by atoms with Gasteiger partial charge in [0.05, 0.1) is 12.1 Å². The van der Waals surface area contributed by atoms with E-state index < -0.39 is 11.7 Å². The van der Waals surface area contributed by atoms with Gasteiger partial charge in [0, 0.05) is 12.4 Å². The monoisotopic (exact) mass is 269 g/mol. The zero-order valence-electron chi connectivity index (χ0n) is 9.65. The molecule has 0 bridgehead atoms. The van der Waals surface area contributed by atoms with Crippen molar-refractivity contribution in [2.24, 2.45) is 0 Å². The number of hydrogen-bond donors (Lipinski definition) is 2. The molecule has 2 aromatic rings. The Bertz CT molecular complexity index is 553. The number of alkyl halides is 3. The number of rotatable bonds is 3. The van der Waals surface area contributed by atoms with Crippen molar-refractivity contribution in [1.29, 1.82) is 0 Å². The van der Waals surface area contributed by atoms with Crippen LogP contribution in [-0.4, -0.2) is 15.0 Å². The van der Waals surface area contributed by atoms with E-state index in [0.29, 0.717) is 17.5 Å². The number of aromatic nitrogens is 3. The number of halogens is 3. The first kappa shape index (κ1) is 13.1. The maximum Gasteiger partial charge on any atom is 0.417 e. The minimum Gasteiger partial charge on any atom is -0.384 e. The van der Waals surface area contributed by atoms with Crippen molar-refractivity contribution in [2.45, 2.75) is 12.7 Å². The third-order valence-corrected chi connectivity index (χ3v) is 2.25. The van der Waals surface area contributed by atoms with Gasteiger partial charge in [-0.1, -0.05) is 0 Å². The molecule has 2 aromatic heterocycles. The Hall–Kier alpha value is -2.38. The molecule has 0 amide bonds. The number of nitrogen functional groups attached to an aromatic ring is 1. The van der Waals surface area contributed by atoms with Gasteiger partial charge in [-0.05, 0) is 18.2 Å². The third-order valence-electron chi connectivity index (χ3n) is 2.25. The Morgan fingerprint density at radius 2 is 1.95 bits per heavy atom. The maximum absolute atomic E-state index is 12.3. The SMILES string of the molecule is Nc1ccnc(CNc2ccc(C(F)(F)F)cn2)n1. The van der Waals surface area contributed by atoms with Gasteiger partial charge in [0.15, 0.2) is 0 Å². The van der Waals surface area contributed by atoms with Gasteiger partial charge in [0.25, 0.3) is 0 Å². The van der Waals surface area contributed by atoms with Gasteiger partial charge in [-0.25, -0.2) is 15.0 Å². The molecule has 0 aliphatic heterocycles. The predicted molar refractivity (Wildman–Crippen MR) is 63.0 cm³/mol. The molecule has 2 heterocycles. The fourth-order valence-corrected chi connectivity index (χ4v) is 1.34. The molecular weight excluding hydrogens is 259 g/mol. The van der Waals surface area contributed by atoms with E-state index in [0.717, 1.165) is 12.3 Å². The predicted octanol–water partition coefficient (Wildman–Crippen LogP) is 2.08. The lowest BCUT2D eigenvalue weighted by molar-refractivity contribution is -0.137. The minimum absolute atomic E-state index is 0.226. The highest BCUT2D eigenvalue weighted by atomic mass is 19.4. The summed E-state index contributed by atoms with van der Waals surface area (Å²) < 4.78 is 37.0. The Morgan fingerprint density at radius 3 is 2.53 bits per heavy atom. The first-order valence-corrected chi connectivity index (χ1v) is 5.29. The second-order valence-electron chi connectivity index (χ2n) is 3.68. The lowest BCUT2D eigenvalue weighted by atomic mass is 10.3. The second kappa shape index (κ2) is 5.09. The number of hydrogen-bond acceptors (Lipinski definition) is 5. The number of anilines is 2. The third kappa shape index (κ3) is 3.54. The van der Waals surface area contributed by atoms with Gasteiger partial charge in [-0.15, -0.1) is 0 Å². The molecule has 0 radical (unpaired) electrons. The summed E-state index contributed by atoms with van der Waals surface area (Å²) in [7, 11) is 0. The molecule has 8 heteroatoms. The summed E-state index contributed by atoms with van der Waals surface area (Å²) in [6.45, 7) is 0.226. The van der Waals surface area contributed by atoms with Crippen LogP contribution in [0.2, 0.25) is 0 Å². The van der Waals surface area contributed by atoms with Crippen molar-refractivity contribution in [3.05, 3.63) is 42.0 Å². The summed E-state index contributed by atoms with van der Waals surface area (Å²) in [5.41, 5.74) is 4.68. The number of nitrogens with one attached hydrogen (secondary N) is 1. The topological polar surface area (TPSA) is 76.7 Å². The van der Waals surface area contributed by atoms with Crippen LogP contribution in [0.5, 0.6) is 0 Å². The summed E-state index contributed by atoms with van der Waals surface area (Å²) in [5.74, 6) is 1.06. The highest BCUT2D eigenvalue weighted by Gasteiger charge is 2.30. The molecule has 0 unspecified atom stereocenters. The molecule has 0 aliphatic rings. The maximum atomic E-state index is 12.3. The number of nitrogens with zero attached hydrogens (tertiary/aromatic N) is 3. The molecule has 0 aliphatic carbocycles. The van der Waals surface area contributed by atoms with Gasteiger partial charge in [0.2, 0.25) is 0 Å². The van der Waals surface area contributed by atoms with Gasteiger partial charge in [-0.2, -0.15) is 13.2 Å². The van der Waals surface area contributed by atoms with E-state index in [-0.39, 0.29) is 6.54 Å². The Balaban J connectivity index is 2.01. The van der Waals surface area contributed by atoms with Crippen molar-refractivity contribution in [1.82, 2.24) is 15.0 Å². The highest BCUT2D eigenvalue weighted by molar-refractivity contribution is 5.36. The number of nitrogens with two attached hydrogens (primary N) is 1. The fraction of sp³-hybridized carbons (Fsp3) is 0.182. The zero-order chi connectivity index (χ0) is 13.9. The van der Waals surface area contributed by atoms with Crippen LogP contribution >= 0.6 is 0 Å². The van der Waals surface area contributed by atoms with Crippen molar-refractivity contribution in [3.63, 3.8) is 0 Å². The smallest absolute Gasteiger partial charge is 0.384 e. The standard InChI is InChI=1S/C11H10F3N5/c12-11(13,14)7-1-2-9(17-5-7)18-6-10-16-4-3-8(15)19-10/h1-5H,6H2,(H,17,18)(H2,15,16,19). The zero-order valence-corrected chi connectivity index (χ0v) is 9.65. The summed E-state index contributed by atoms with van der Waals surface area (Å²) in [6.07, 6.45) is -2.12. The van der Waals surface area contributed by atoms with Crippen molar-refractivity contribution in [2.75, 3.05) is 11.1 Å². The van der Waals surface area contributed by atoms with Crippen molar-refractivity contribution < 1.29 is 13.2 Å². The Morgan fingerprint density at radius 1 is 1.16 bits per heavy atom. The van der Waals surface area contributed by atoms with Gasteiger partial charge < -0.3 is 11.1 Å². The van der Waals surface area contributed by atoms with Crippen molar-refractivity contribution >= 4 is 11.6 Å². The molecule has 0 fully saturated rings. The van der Waals surface area contributed by atoms with Crippen LogP contribution in [0, 0.1) is 0 Å². The van der Waals surface area contributed by atoms with Crippen LogP contribution in [0.1, 0.15) is 11.4 Å². The van der Waals surface area contributed by atoms with Gasteiger partial charge in [0.1, 0.15) is 17.5 Å². The lowest BCUT2D eigenvalue weighted by Crippen LogP contribution is -2.08. The molecular formula is C11H10F3N5. The molecule has 0 aromatic carbocycles. The summed E-state index contributed by atoms with van der Waals surface area (Å²) in [6, 6.07) is 3.74. The molecule has 0 atom stereocenters. The van der Waals surface area contributed by atoms with Crippen LogP contribution in [0.15, 0.2) is 30.6 Å². The van der Waals surface area contributed by atoms with E-state index in [4.69, 9.17) is 5.73 Å². The summed E-state index contributed by atoms with van der Waals surface area (Å²) in [5, 5.41) is 2.81. The van der Waals surface area contributed by atoms with E-state index in [1.165, 1.54) is 12.3 Å². The highest BCUT2D eigenvalue weighted by Crippen LogP contribution is 2.28. The molecule has 0 saturated heterocycles. The van der Waals surface area contributed by atoms with E-state index >= 15 is 0 Å². The van der Waals surface area contributed by atoms with Crippen LogP contribution in [0.3, 0.4) is 0 Å².